The molecule has 0 fully saturated rings. The topological polar surface area (TPSA) is 82.7 Å². The largest absolute Gasteiger partial charge is 0.365 e. The molecule has 2 heterocycles. The van der Waals surface area contributed by atoms with Crippen LogP contribution < -0.4 is 10.6 Å². The molecule has 136 valence electrons. The zero-order valence-corrected chi connectivity index (χ0v) is 15.7. The first-order valence-corrected chi connectivity index (χ1v) is 8.79. The Kier molecular flexibility index (Phi) is 4.93. The van der Waals surface area contributed by atoms with E-state index in [9.17, 15) is 4.79 Å². The number of carbonyl (C=O) groups is 1. The van der Waals surface area contributed by atoms with E-state index in [0.29, 0.717) is 23.9 Å². The summed E-state index contributed by atoms with van der Waals surface area (Å²) in [5.74, 6) is 1.04. The Morgan fingerprint density at radius 1 is 1.19 bits per heavy atom. The summed E-state index contributed by atoms with van der Waals surface area (Å²) in [4.78, 5) is 24.3. The van der Waals surface area contributed by atoms with Crippen molar-refractivity contribution in [3.05, 3.63) is 53.6 Å². The highest BCUT2D eigenvalue weighted by molar-refractivity contribution is 5.93. The Balaban J connectivity index is 1.65. The molecule has 3 N–H and O–H groups in total. The van der Waals surface area contributed by atoms with Crippen molar-refractivity contribution in [2.75, 3.05) is 11.9 Å². The minimum Gasteiger partial charge on any atom is -0.365 e. The van der Waals surface area contributed by atoms with Crippen molar-refractivity contribution in [2.24, 2.45) is 0 Å². The molecule has 3 aromatic rings. The zero-order chi connectivity index (χ0) is 18.7. The molecule has 0 aliphatic carbocycles. The Bertz CT molecular complexity index is 923. The highest BCUT2D eigenvalue weighted by Crippen LogP contribution is 2.18. The first-order valence-electron chi connectivity index (χ1n) is 8.79. The second kappa shape index (κ2) is 7.15. The highest BCUT2D eigenvalue weighted by atomic mass is 16.1. The third kappa shape index (κ3) is 4.39. The number of rotatable bonds is 5. The van der Waals surface area contributed by atoms with E-state index < -0.39 is 0 Å². The summed E-state index contributed by atoms with van der Waals surface area (Å²) in [6.45, 7) is 8.48. The van der Waals surface area contributed by atoms with Crippen molar-refractivity contribution >= 4 is 22.6 Å². The average molecular weight is 351 g/mol. The summed E-state index contributed by atoms with van der Waals surface area (Å²) in [5, 5.41) is 7.42. The number of amides is 1. The van der Waals surface area contributed by atoms with Gasteiger partial charge >= 0.3 is 0 Å². The van der Waals surface area contributed by atoms with Gasteiger partial charge in [-0.1, -0.05) is 18.2 Å². The van der Waals surface area contributed by atoms with Crippen LogP contribution in [0, 0.1) is 6.92 Å². The molecular formula is C20H25N5O. The maximum absolute atomic E-state index is 12.5. The number of nitrogens with zero attached hydrogens (tertiary/aromatic N) is 2. The lowest BCUT2D eigenvalue weighted by Crippen LogP contribution is -2.29. The smallest absolute Gasteiger partial charge is 0.270 e. The lowest BCUT2D eigenvalue weighted by atomic mass is 10.1. The number of carbonyl (C=O) groups excluding carboxylic acids is 1. The zero-order valence-electron chi connectivity index (χ0n) is 15.7. The number of aromatic amines is 1. The van der Waals surface area contributed by atoms with Crippen LogP contribution in [0.4, 0.5) is 5.82 Å². The van der Waals surface area contributed by atoms with Crippen LogP contribution in [0.1, 0.15) is 42.6 Å². The Morgan fingerprint density at radius 3 is 2.73 bits per heavy atom. The van der Waals surface area contributed by atoms with Crippen molar-refractivity contribution < 1.29 is 4.79 Å². The van der Waals surface area contributed by atoms with Gasteiger partial charge in [-0.15, -0.1) is 0 Å². The average Bonchev–Trinajstić information content (AvgIpc) is 2.96. The molecule has 0 aliphatic rings. The van der Waals surface area contributed by atoms with Crippen LogP contribution in [-0.4, -0.2) is 32.9 Å². The molecule has 0 spiro atoms. The number of fused-ring (bicyclic) bond motifs is 1. The van der Waals surface area contributed by atoms with Crippen molar-refractivity contribution in [3.63, 3.8) is 0 Å². The third-order valence-electron chi connectivity index (χ3n) is 3.93. The minimum absolute atomic E-state index is 0.135. The first kappa shape index (κ1) is 17.9. The van der Waals surface area contributed by atoms with Gasteiger partial charge in [0.2, 0.25) is 0 Å². The number of H-pyrrole nitrogens is 1. The van der Waals surface area contributed by atoms with Crippen LogP contribution in [-0.2, 0) is 6.42 Å². The van der Waals surface area contributed by atoms with Gasteiger partial charge in [0.1, 0.15) is 17.3 Å². The lowest BCUT2D eigenvalue weighted by Gasteiger charge is -2.21. The summed E-state index contributed by atoms with van der Waals surface area (Å²) in [6.07, 6.45) is 2.75. The molecule has 0 atom stereocenters. The number of aryl methyl sites for hydroxylation is 1. The maximum atomic E-state index is 12.5. The van der Waals surface area contributed by atoms with Crippen LogP contribution in [0.15, 0.2) is 36.5 Å². The van der Waals surface area contributed by atoms with Crippen LogP contribution in [0.5, 0.6) is 0 Å². The minimum atomic E-state index is -0.188. The Hall–Kier alpha value is -2.89. The van der Waals surface area contributed by atoms with Gasteiger partial charge in [0.15, 0.2) is 0 Å². The van der Waals surface area contributed by atoms with Crippen LogP contribution in [0.3, 0.4) is 0 Å². The molecule has 0 aliphatic heterocycles. The van der Waals surface area contributed by atoms with Gasteiger partial charge in [0, 0.05) is 35.2 Å². The predicted molar refractivity (Wildman–Crippen MR) is 104 cm³/mol. The summed E-state index contributed by atoms with van der Waals surface area (Å²) in [6, 6.07) is 9.85. The second-order valence-corrected chi connectivity index (χ2v) is 7.43. The maximum Gasteiger partial charge on any atom is 0.270 e. The van der Waals surface area contributed by atoms with Crippen LogP contribution in [0.2, 0.25) is 0 Å². The van der Waals surface area contributed by atoms with Gasteiger partial charge in [-0.25, -0.2) is 9.97 Å². The molecule has 3 rings (SSSR count). The molecule has 0 unspecified atom stereocenters. The molecule has 0 bridgehead atoms. The number of nitrogens with one attached hydrogen (secondary N) is 3. The van der Waals surface area contributed by atoms with Gasteiger partial charge < -0.3 is 15.6 Å². The van der Waals surface area contributed by atoms with Crippen molar-refractivity contribution in [3.8, 4) is 0 Å². The monoisotopic (exact) mass is 351 g/mol. The van der Waals surface area contributed by atoms with Crippen molar-refractivity contribution in [2.45, 2.75) is 39.7 Å². The van der Waals surface area contributed by atoms with E-state index in [-0.39, 0.29) is 11.4 Å². The fourth-order valence-corrected chi connectivity index (χ4v) is 2.87. The molecule has 26 heavy (non-hydrogen) atoms. The molecular weight excluding hydrogens is 326 g/mol. The van der Waals surface area contributed by atoms with Crippen molar-refractivity contribution in [1.29, 1.82) is 0 Å². The first-order chi connectivity index (χ1) is 12.3. The van der Waals surface area contributed by atoms with Crippen LogP contribution >= 0.6 is 0 Å². The second-order valence-electron chi connectivity index (χ2n) is 7.43. The fourth-order valence-electron chi connectivity index (χ4n) is 2.87. The standard InChI is InChI=1S/C20H25N5O/c1-13-23-17(11-18(24-13)25-20(2,3)4)19(26)21-10-9-14-12-22-16-8-6-5-7-15(14)16/h5-8,11-12,22H,9-10H2,1-4H3,(H,21,26)(H,23,24,25). The fraction of sp³-hybridized carbons (Fsp3) is 0.350. The molecule has 6 heteroatoms. The van der Waals surface area contributed by atoms with Crippen LogP contribution in [0.25, 0.3) is 10.9 Å². The molecule has 0 saturated carbocycles. The summed E-state index contributed by atoms with van der Waals surface area (Å²) in [5.41, 5.74) is 2.54. The van der Waals surface area contributed by atoms with E-state index in [1.807, 2.05) is 45.2 Å². The molecule has 2 aromatic heterocycles. The van der Waals surface area contributed by atoms with E-state index in [4.69, 9.17) is 0 Å². The summed E-state index contributed by atoms with van der Waals surface area (Å²) in [7, 11) is 0. The number of para-hydroxylation sites is 1. The lowest BCUT2D eigenvalue weighted by molar-refractivity contribution is 0.0948. The number of hydrogen-bond acceptors (Lipinski definition) is 4. The number of benzene rings is 1. The number of hydrogen-bond donors (Lipinski definition) is 3. The van der Waals surface area contributed by atoms with Crippen molar-refractivity contribution in [1.82, 2.24) is 20.3 Å². The van der Waals surface area contributed by atoms with E-state index in [1.54, 1.807) is 13.0 Å². The highest BCUT2D eigenvalue weighted by Gasteiger charge is 2.14. The molecule has 0 saturated heterocycles. The molecule has 0 radical (unpaired) electrons. The van der Waals surface area contributed by atoms with Gasteiger partial charge in [0.25, 0.3) is 5.91 Å². The summed E-state index contributed by atoms with van der Waals surface area (Å²) >= 11 is 0. The van der Waals surface area contributed by atoms with Gasteiger partial charge in [-0.3, -0.25) is 4.79 Å². The van der Waals surface area contributed by atoms with Gasteiger partial charge in [-0.2, -0.15) is 0 Å². The Labute approximate surface area is 153 Å². The summed E-state index contributed by atoms with van der Waals surface area (Å²) < 4.78 is 0. The molecule has 1 aromatic carbocycles. The third-order valence-corrected chi connectivity index (χ3v) is 3.93. The normalized spacial score (nSPS) is 11.5. The van der Waals surface area contributed by atoms with Gasteiger partial charge in [-0.05, 0) is 45.7 Å². The molecule has 6 nitrogen and oxygen atoms in total. The number of aromatic nitrogens is 3. The van der Waals surface area contributed by atoms with Gasteiger partial charge in [0.05, 0.1) is 0 Å². The van der Waals surface area contributed by atoms with E-state index in [0.717, 1.165) is 11.9 Å². The SMILES string of the molecule is Cc1nc(NC(C)(C)C)cc(C(=O)NCCc2c[nH]c3ccccc23)n1. The molecule has 1 amide bonds. The van der Waals surface area contributed by atoms with E-state index in [2.05, 4.69) is 31.7 Å². The Morgan fingerprint density at radius 2 is 1.96 bits per heavy atom. The number of anilines is 1. The van der Waals surface area contributed by atoms with E-state index in [1.165, 1.54) is 10.9 Å². The quantitative estimate of drug-likeness (QED) is 0.657. The predicted octanol–water partition coefficient (Wildman–Crippen LogP) is 3.45. The van der Waals surface area contributed by atoms with E-state index >= 15 is 0 Å².